The van der Waals surface area contributed by atoms with Crippen molar-refractivity contribution < 1.29 is 4.79 Å². The first kappa shape index (κ1) is 11.1. The number of aromatic nitrogens is 3. The Balaban J connectivity index is 2.22. The molecule has 0 atom stereocenters. The van der Waals surface area contributed by atoms with Crippen LogP contribution in [0, 0.1) is 0 Å². The maximum absolute atomic E-state index is 11.7. The fourth-order valence-electron chi connectivity index (χ4n) is 1.28. The number of H-pyrrole nitrogens is 1. The summed E-state index contributed by atoms with van der Waals surface area (Å²) < 4.78 is 0. The van der Waals surface area contributed by atoms with Gasteiger partial charge in [-0.2, -0.15) is 5.10 Å². The normalized spacial score (nSPS) is 10.4. The Bertz CT molecular complexity index is 511. The van der Waals surface area contributed by atoms with Crippen molar-refractivity contribution in [3.05, 3.63) is 46.0 Å². The third-order valence-electron chi connectivity index (χ3n) is 2.06. The monoisotopic (exact) mass is 255 g/mol. The molecule has 1 heterocycles. The van der Waals surface area contributed by atoms with E-state index in [2.05, 4.69) is 15.2 Å². The van der Waals surface area contributed by atoms with Crippen LogP contribution in [0.3, 0.4) is 0 Å². The summed E-state index contributed by atoms with van der Waals surface area (Å²) in [6.45, 7) is 0. The molecule has 0 aliphatic carbocycles. The van der Waals surface area contributed by atoms with Crippen LogP contribution >= 0.6 is 23.2 Å². The van der Waals surface area contributed by atoms with Gasteiger partial charge in [0.1, 0.15) is 6.33 Å². The zero-order valence-corrected chi connectivity index (χ0v) is 9.59. The lowest BCUT2D eigenvalue weighted by Crippen LogP contribution is -2.06. The number of benzene rings is 1. The van der Waals surface area contributed by atoms with Gasteiger partial charge in [-0.3, -0.25) is 9.89 Å². The Kier molecular flexibility index (Phi) is 3.22. The van der Waals surface area contributed by atoms with Crippen LogP contribution in [0.4, 0.5) is 0 Å². The highest BCUT2D eigenvalue weighted by atomic mass is 35.5. The van der Waals surface area contributed by atoms with Crippen LogP contribution in [-0.2, 0) is 6.42 Å². The number of carbonyl (C=O) groups excluding carboxylic acids is 1. The number of ketones is 1. The quantitative estimate of drug-likeness (QED) is 0.858. The summed E-state index contributed by atoms with van der Waals surface area (Å²) in [7, 11) is 0. The summed E-state index contributed by atoms with van der Waals surface area (Å²) >= 11 is 11.8. The van der Waals surface area contributed by atoms with E-state index in [-0.39, 0.29) is 18.0 Å². The molecule has 82 valence electrons. The molecule has 0 spiro atoms. The summed E-state index contributed by atoms with van der Waals surface area (Å²) in [5.41, 5.74) is 0.676. The van der Waals surface area contributed by atoms with Crippen LogP contribution in [0.25, 0.3) is 0 Å². The van der Waals surface area contributed by atoms with Crippen molar-refractivity contribution in [3.63, 3.8) is 0 Å². The molecule has 2 aromatic rings. The minimum Gasteiger partial charge on any atom is -0.290 e. The molecule has 1 aromatic carbocycles. The van der Waals surface area contributed by atoms with Gasteiger partial charge in [0, 0.05) is 6.42 Å². The van der Waals surface area contributed by atoms with Crippen molar-refractivity contribution in [1.29, 1.82) is 0 Å². The average Bonchev–Trinajstić information content (AvgIpc) is 2.78. The number of rotatable bonds is 3. The highest BCUT2D eigenvalue weighted by Crippen LogP contribution is 2.26. The molecule has 1 N–H and O–H groups in total. The molecule has 0 radical (unpaired) electrons. The van der Waals surface area contributed by atoms with E-state index in [4.69, 9.17) is 23.2 Å². The van der Waals surface area contributed by atoms with Crippen molar-refractivity contribution >= 4 is 29.0 Å². The number of hydrogen-bond donors (Lipinski definition) is 1. The van der Waals surface area contributed by atoms with Crippen LogP contribution in [0.1, 0.15) is 16.2 Å². The molecule has 0 aliphatic heterocycles. The summed E-state index contributed by atoms with van der Waals surface area (Å²) in [5.74, 6) is 0.0395. The van der Waals surface area contributed by atoms with Crippen LogP contribution < -0.4 is 0 Å². The molecule has 0 bridgehead atoms. The van der Waals surface area contributed by atoms with E-state index in [0.717, 1.165) is 0 Å². The predicted molar refractivity (Wildman–Crippen MR) is 60.9 cm³/mol. The molecule has 6 heteroatoms. The maximum atomic E-state index is 11.7. The fraction of sp³-hybridized carbons (Fsp3) is 0.100. The third kappa shape index (κ3) is 2.23. The number of nitrogens with zero attached hydrogens (tertiary/aromatic N) is 2. The standard InChI is InChI=1S/C10H7Cl2N3O/c11-7-3-1-2-6(9(7)12)4-8(16)10-13-5-14-15-10/h1-3,5H,4H2,(H,13,14,15). The van der Waals surface area contributed by atoms with Gasteiger partial charge in [-0.25, -0.2) is 4.98 Å². The Morgan fingerprint density at radius 3 is 2.88 bits per heavy atom. The van der Waals surface area contributed by atoms with Gasteiger partial charge in [-0.1, -0.05) is 35.3 Å². The van der Waals surface area contributed by atoms with Crippen molar-refractivity contribution in [3.8, 4) is 0 Å². The van der Waals surface area contributed by atoms with E-state index in [1.165, 1.54) is 6.33 Å². The first-order valence-electron chi connectivity index (χ1n) is 4.50. The van der Waals surface area contributed by atoms with Crippen molar-refractivity contribution in [1.82, 2.24) is 15.2 Å². The second-order valence-corrected chi connectivity index (χ2v) is 3.93. The molecular formula is C10H7Cl2N3O. The SMILES string of the molecule is O=C(Cc1cccc(Cl)c1Cl)c1ncn[nH]1. The molecule has 0 fully saturated rings. The van der Waals surface area contributed by atoms with Gasteiger partial charge >= 0.3 is 0 Å². The minimum atomic E-state index is -0.179. The van der Waals surface area contributed by atoms with Gasteiger partial charge in [0.05, 0.1) is 10.0 Å². The molecule has 0 unspecified atom stereocenters. The van der Waals surface area contributed by atoms with Crippen LogP contribution in [0.5, 0.6) is 0 Å². The molecular weight excluding hydrogens is 249 g/mol. The second kappa shape index (κ2) is 4.63. The van der Waals surface area contributed by atoms with Gasteiger partial charge < -0.3 is 0 Å². The summed E-state index contributed by atoms with van der Waals surface area (Å²) in [6, 6.07) is 5.17. The number of halogens is 2. The predicted octanol–water partition coefficient (Wildman–Crippen LogP) is 2.54. The van der Waals surface area contributed by atoms with Crippen LogP contribution in [0.15, 0.2) is 24.5 Å². The topological polar surface area (TPSA) is 58.6 Å². The van der Waals surface area contributed by atoms with Crippen LogP contribution in [-0.4, -0.2) is 21.0 Å². The second-order valence-electron chi connectivity index (χ2n) is 3.15. The number of aromatic amines is 1. The van der Waals surface area contributed by atoms with E-state index in [1.54, 1.807) is 18.2 Å². The zero-order valence-electron chi connectivity index (χ0n) is 8.08. The number of carbonyl (C=O) groups is 1. The van der Waals surface area contributed by atoms with Crippen molar-refractivity contribution in [2.45, 2.75) is 6.42 Å². The Morgan fingerprint density at radius 2 is 2.19 bits per heavy atom. The maximum Gasteiger partial charge on any atom is 0.203 e. The van der Waals surface area contributed by atoms with Crippen molar-refractivity contribution in [2.75, 3.05) is 0 Å². The van der Waals surface area contributed by atoms with Gasteiger partial charge in [0.25, 0.3) is 0 Å². The van der Waals surface area contributed by atoms with Gasteiger partial charge in [-0.05, 0) is 11.6 Å². The first-order valence-corrected chi connectivity index (χ1v) is 5.25. The third-order valence-corrected chi connectivity index (χ3v) is 2.92. The van der Waals surface area contributed by atoms with E-state index in [1.807, 2.05) is 0 Å². The minimum absolute atomic E-state index is 0.147. The lowest BCUT2D eigenvalue weighted by molar-refractivity contribution is 0.0983. The largest absolute Gasteiger partial charge is 0.290 e. The molecule has 0 saturated heterocycles. The lowest BCUT2D eigenvalue weighted by Gasteiger charge is -2.03. The van der Waals surface area contributed by atoms with Gasteiger partial charge in [0.2, 0.25) is 5.78 Å². The van der Waals surface area contributed by atoms with Gasteiger partial charge in [-0.15, -0.1) is 0 Å². The molecule has 4 nitrogen and oxygen atoms in total. The summed E-state index contributed by atoms with van der Waals surface area (Å²) in [6.07, 6.45) is 1.43. The molecule has 16 heavy (non-hydrogen) atoms. The molecule has 2 rings (SSSR count). The van der Waals surface area contributed by atoms with Crippen LogP contribution in [0.2, 0.25) is 10.0 Å². The van der Waals surface area contributed by atoms with E-state index >= 15 is 0 Å². The number of Topliss-reactive ketones (excluding diaryl/α,β-unsaturated/α-hetero) is 1. The number of nitrogens with one attached hydrogen (secondary N) is 1. The Labute approximate surface area is 102 Å². The molecule has 0 amide bonds. The van der Waals surface area contributed by atoms with E-state index < -0.39 is 0 Å². The highest BCUT2D eigenvalue weighted by molar-refractivity contribution is 6.42. The first-order chi connectivity index (χ1) is 7.68. The zero-order chi connectivity index (χ0) is 11.5. The van der Waals surface area contributed by atoms with Crippen molar-refractivity contribution in [2.24, 2.45) is 0 Å². The van der Waals surface area contributed by atoms with Gasteiger partial charge in [0.15, 0.2) is 5.82 Å². The molecule has 0 saturated carbocycles. The van der Waals surface area contributed by atoms with E-state index in [9.17, 15) is 4.79 Å². The Hall–Kier alpha value is -1.39. The molecule has 1 aromatic heterocycles. The lowest BCUT2D eigenvalue weighted by atomic mass is 10.1. The average molecular weight is 256 g/mol. The fourth-order valence-corrected chi connectivity index (χ4v) is 1.67. The Morgan fingerprint density at radius 1 is 1.38 bits per heavy atom. The number of hydrogen-bond acceptors (Lipinski definition) is 3. The summed E-state index contributed by atoms with van der Waals surface area (Å²) in [4.78, 5) is 15.5. The summed E-state index contributed by atoms with van der Waals surface area (Å²) in [5, 5.41) is 6.95. The molecule has 0 aliphatic rings. The van der Waals surface area contributed by atoms with E-state index in [0.29, 0.717) is 15.6 Å². The highest BCUT2D eigenvalue weighted by Gasteiger charge is 2.13. The smallest absolute Gasteiger partial charge is 0.203 e.